The van der Waals surface area contributed by atoms with E-state index in [2.05, 4.69) is 4.74 Å². The molecule has 0 heterocycles. The van der Waals surface area contributed by atoms with Crippen molar-refractivity contribution in [2.45, 2.75) is 19.8 Å². The lowest BCUT2D eigenvalue weighted by Gasteiger charge is -1.98. The zero-order valence-electron chi connectivity index (χ0n) is 6.02. The molecule has 0 N–H and O–H groups in total. The average molecular weight is 158 g/mol. The highest BCUT2D eigenvalue weighted by Crippen LogP contribution is 2.24. The summed E-state index contributed by atoms with van der Waals surface area (Å²) in [6.45, 7) is 1.17. The van der Waals surface area contributed by atoms with Crippen molar-refractivity contribution in [3.8, 4) is 0 Å². The number of carbonyl (C=O) groups excluding carboxylic acids is 2. The minimum Gasteiger partial charge on any atom is -0.428 e. The van der Waals surface area contributed by atoms with Crippen LogP contribution >= 0.6 is 0 Å². The van der Waals surface area contributed by atoms with E-state index >= 15 is 0 Å². The summed E-state index contributed by atoms with van der Waals surface area (Å²) in [5.74, 6) is -2.20. The van der Waals surface area contributed by atoms with Crippen LogP contribution in [0.4, 0.5) is 4.39 Å². The third kappa shape index (κ3) is 1.63. The Morgan fingerprint density at radius 3 is 2.55 bits per heavy atom. The van der Waals surface area contributed by atoms with Gasteiger partial charge in [-0.3, -0.25) is 9.59 Å². The zero-order chi connectivity index (χ0) is 8.43. The number of allylic oxidation sites excluding steroid dienone is 2. The second-order valence-electron chi connectivity index (χ2n) is 2.25. The van der Waals surface area contributed by atoms with Gasteiger partial charge < -0.3 is 4.74 Å². The molecular weight excluding hydrogens is 151 g/mol. The molecule has 4 heteroatoms. The largest absolute Gasteiger partial charge is 0.428 e. The zero-order valence-corrected chi connectivity index (χ0v) is 6.02. The Labute approximate surface area is 62.8 Å². The standard InChI is InChI=1S/C7H7FO3/c1-4(9)11-6-3-2-5(10)7(6)8/h2-3H2,1H3. The molecule has 1 rings (SSSR count). The highest BCUT2D eigenvalue weighted by Gasteiger charge is 2.25. The van der Waals surface area contributed by atoms with Gasteiger partial charge in [0.05, 0.1) is 0 Å². The SMILES string of the molecule is CC(=O)OC1=C(F)C(=O)CC1. The first kappa shape index (κ1) is 7.91. The summed E-state index contributed by atoms with van der Waals surface area (Å²) in [5.41, 5.74) is 0. The number of halogens is 1. The normalized spacial score (nSPS) is 17.5. The molecule has 1 aliphatic carbocycles. The van der Waals surface area contributed by atoms with Crippen molar-refractivity contribution in [3.63, 3.8) is 0 Å². The maximum Gasteiger partial charge on any atom is 0.307 e. The van der Waals surface area contributed by atoms with Crippen LogP contribution in [0.15, 0.2) is 11.6 Å². The molecule has 0 unspecified atom stereocenters. The Morgan fingerprint density at radius 2 is 2.18 bits per heavy atom. The Balaban J connectivity index is 2.72. The fourth-order valence-corrected chi connectivity index (χ4v) is 0.871. The summed E-state index contributed by atoms with van der Waals surface area (Å²) < 4.78 is 17.0. The van der Waals surface area contributed by atoms with Crippen LogP contribution in [0.3, 0.4) is 0 Å². The smallest absolute Gasteiger partial charge is 0.307 e. The fraction of sp³-hybridized carbons (Fsp3) is 0.429. The van der Waals surface area contributed by atoms with Crippen molar-refractivity contribution in [1.29, 1.82) is 0 Å². The van der Waals surface area contributed by atoms with Gasteiger partial charge in [-0.2, -0.15) is 4.39 Å². The lowest BCUT2D eigenvalue weighted by Crippen LogP contribution is -1.98. The van der Waals surface area contributed by atoms with Crippen LogP contribution < -0.4 is 0 Å². The van der Waals surface area contributed by atoms with Crippen molar-refractivity contribution in [3.05, 3.63) is 11.6 Å². The summed E-state index contributed by atoms with van der Waals surface area (Å²) in [6, 6.07) is 0. The van der Waals surface area contributed by atoms with Crippen LogP contribution in [0.25, 0.3) is 0 Å². The average Bonchev–Trinajstić information content (AvgIpc) is 2.18. The van der Waals surface area contributed by atoms with Crippen LogP contribution in [-0.2, 0) is 14.3 Å². The van der Waals surface area contributed by atoms with E-state index in [0.717, 1.165) is 0 Å². The topological polar surface area (TPSA) is 43.4 Å². The van der Waals surface area contributed by atoms with E-state index in [9.17, 15) is 14.0 Å². The maximum atomic E-state index is 12.6. The van der Waals surface area contributed by atoms with E-state index in [1.165, 1.54) is 6.92 Å². The first-order chi connectivity index (χ1) is 5.11. The quantitative estimate of drug-likeness (QED) is 0.536. The summed E-state index contributed by atoms with van der Waals surface area (Å²) >= 11 is 0. The van der Waals surface area contributed by atoms with Gasteiger partial charge in [0.2, 0.25) is 5.83 Å². The van der Waals surface area contributed by atoms with Crippen molar-refractivity contribution < 1.29 is 18.7 Å². The maximum absolute atomic E-state index is 12.6. The van der Waals surface area contributed by atoms with Crippen LogP contribution in [0.5, 0.6) is 0 Å². The third-order valence-corrected chi connectivity index (χ3v) is 1.34. The van der Waals surface area contributed by atoms with Crippen LogP contribution in [0.2, 0.25) is 0 Å². The molecule has 0 saturated heterocycles. The molecule has 0 aromatic heterocycles. The van der Waals surface area contributed by atoms with Gasteiger partial charge in [-0.05, 0) is 0 Å². The molecule has 0 aliphatic heterocycles. The molecule has 0 aromatic rings. The van der Waals surface area contributed by atoms with Gasteiger partial charge >= 0.3 is 5.97 Å². The third-order valence-electron chi connectivity index (χ3n) is 1.34. The minimum absolute atomic E-state index is 0.106. The van der Waals surface area contributed by atoms with E-state index in [-0.39, 0.29) is 18.6 Å². The number of esters is 1. The number of carbonyl (C=O) groups is 2. The Hall–Kier alpha value is -1.19. The molecular formula is C7H7FO3. The van der Waals surface area contributed by atoms with Crippen LogP contribution in [0, 0.1) is 0 Å². The van der Waals surface area contributed by atoms with E-state index in [4.69, 9.17) is 0 Å². The van der Waals surface area contributed by atoms with Gasteiger partial charge in [-0.15, -0.1) is 0 Å². The van der Waals surface area contributed by atoms with Gasteiger partial charge in [0, 0.05) is 19.8 Å². The molecule has 3 nitrogen and oxygen atoms in total. The first-order valence-electron chi connectivity index (χ1n) is 3.21. The summed E-state index contributed by atoms with van der Waals surface area (Å²) in [5, 5.41) is 0. The van der Waals surface area contributed by atoms with Gasteiger partial charge in [-0.25, -0.2) is 0 Å². The highest BCUT2D eigenvalue weighted by molar-refractivity contribution is 5.96. The lowest BCUT2D eigenvalue weighted by atomic mass is 10.3. The molecule has 0 aromatic carbocycles. The highest BCUT2D eigenvalue weighted by atomic mass is 19.1. The van der Waals surface area contributed by atoms with Crippen molar-refractivity contribution >= 4 is 11.8 Å². The molecule has 0 bridgehead atoms. The fourth-order valence-electron chi connectivity index (χ4n) is 0.871. The lowest BCUT2D eigenvalue weighted by molar-refractivity contribution is -0.137. The Bertz CT molecular complexity index is 242. The number of hydrogen-bond acceptors (Lipinski definition) is 3. The van der Waals surface area contributed by atoms with E-state index in [1.807, 2.05) is 0 Å². The van der Waals surface area contributed by atoms with Gasteiger partial charge in [-0.1, -0.05) is 0 Å². The number of ketones is 1. The molecule has 60 valence electrons. The number of rotatable bonds is 1. The van der Waals surface area contributed by atoms with E-state index < -0.39 is 17.6 Å². The Morgan fingerprint density at radius 1 is 1.55 bits per heavy atom. The molecule has 0 atom stereocenters. The second-order valence-corrected chi connectivity index (χ2v) is 2.25. The van der Waals surface area contributed by atoms with Gasteiger partial charge in [0.25, 0.3) is 0 Å². The molecule has 0 spiro atoms. The first-order valence-corrected chi connectivity index (χ1v) is 3.21. The molecule has 0 saturated carbocycles. The summed E-state index contributed by atoms with van der Waals surface area (Å²) in [6.07, 6.45) is 0.304. The second kappa shape index (κ2) is 2.82. The molecule has 0 fully saturated rings. The molecule has 1 aliphatic rings. The van der Waals surface area contributed by atoms with Crippen LogP contribution in [0.1, 0.15) is 19.8 Å². The molecule has 0 radical (unpaired) electrons. The monoisotopic (exact) mass is 158 g/mol. The number of ether oxygens (including phenoxy) is 1. The predicted octanol–water partition coefficient (Wildman–Crippen LogP) is 1.09. The van der Waals surface area contributed by atoms with Crippen LogP contribution in [-0.4, -0.2) is 11.8 Å². The summed E-state index contributed by atoms with van der Waals surface area (Å²) in [4.78, 5) is 20.9. The van der Waals surface area contributed by atoms with Crippen molar-refractivity contribution in [1.82, 2.24) is 0 Å². The van der Waals surface area contributed by atoms with Crippen molar-refractivity contribution in [2.24, 2.45) is 0 Å². The number of Topliss-reactive ketones (excluding diaryl/α,β-unsaturated/α-hetero) is 1. The van der Waals surface area contributed by atoms with Crippen molar-refractivity contribution in [2.75, 3.05) is 0 Å². The minimum atomic E-state index is -0.903. The van der Waals surface area contributed by atoms with Gasteiger partial charge in [0.15, 0.2) is 5.78 Å². The Kier molecular flexibility index (Phi) is 2.03. The number of hydrogen-bond donors (Lipinski definition) is 0. The van der Waals surface area contributed by atoms with Gasteiger partial charge in [0.1, 0.15) is 5.76 Å². The van der Waals surface area contributed by atoms with E-state index in [1.54, 1.807) is 0 Å². The van der Waals surface area contributed by atoms with E-state index in [0.29, 0.717) is 0 Å². The molecule has 0 amide bonds. The molecule has 11 heavy (non-hydrogen) atoms. The summed E-state index contributed by atoms with van der Waals surface area (Å²) in [7, 11) is 0. The predicted molar refractivity (Wildman–Crippen MR) is 34.1 cm³/mol.